The third-order valence-electron chi connectivity index (χ3n) is 3.24. The number of furan rings is 1. The van der Waals surface area contributed by atoms with Gasteiger partial charge in [-0.3, -0.25) is 9.36 Å². The number of benzene rings is 1. The molecule has 0 spiro atoms. The van der Waals surface area contributed by atoms with E-state index < -0.39 is 5.97 Å². The van der Waals surface area contributed by atoms with Gasteiger partial charge in [-0.1, -0.05) is 11.6 Å². The molecule has 0 saturated heterocycles. The molecule has 0 radical (unpaired) electrons. The van der Waals surface area contributed by atoms with Gasteiger partial charge >= 0.3 is 5.97 Å². The highest BCUT2D eigenvalue weighted by Crippen LogP contribution is 2.16. The Labute approximate surface area is 129 Å². The number of hydrogen-bond donors (Lipinski definition) is 0. The second kappa shape index (κ2) is 5.65. The maximum atomic E-state index is 12.5. The number of hydrogen-bond acceptors (Lipinski definition) is 5. The summed E-state index contributed by atoms with van der Waals surface area (Å²) in [5.41, 5.74) is 0.854. The van der Waals surface area contributed by atoms with Crippen molar-refractivity contribution in [1.82, 2.24) is 9.55 Å². The molecule has 2 heterocycles. The molecule has 0 amide bonds. The average Bonchev–Trinajstić information content (AvgIpc) is 2.98. The first-order valence-corrected chi connectivity index (χ1v) is 6.77. The Balaban J connectivity index is 2.05. The zero-order valence-electron chi connectivity index (χ0n) is 11.6. The molecule has 0 N–H and O–H groups in total. The molecule has 6 nitrogen and oxygen atoms in total. The molecule has 0 bridgehead atoms. The molecule has 2 aromatic heterocycles. The first-order valence-electron chi connectivity index (χ1n) is 6.39. The van der Waals surface area contributed by atoms with E-state index in [9.17, 15) is 9.59 Å². The summed E-state index contributed by atoms with van der Waals surface area (Å²) < 4.78 is 11.1. The van der Waals surface area contributed by atoms with Gasteiger partial charge in [0, 0.05) is 10.6 Å². The van der Waals surface area contributed by atoms with Gasteiger partial charge in [-0.15, -0.1) is 0 Å². The van der Waals surface area contributed by atoms with E-state index in [0.717, 1.165) is 0 Å². The first-order chi connectivity index (χ1) is 10.6. The zero-order valence-corrected chi connectivity index (χ0v) is 12.3. The molecule has 3 aromatic rings. The Bertz CT molecular complexity index is 913. The summed E-state index contributed by atoms with van der Waals surface area (Å²) in [5.74, 6) is -0.523. The maximum absolute atomic E-state index is 12.5. The van der Waals surface area contributed by atoms with Gasteiger partial charge in [0.05, 0.1) is 37.1 Å². The van der Waals surface area contributed by atoms with E-state index >= 15 is 0 Å². The highest BCUT2D eigenvalue weighted by molar-refractivity contribution is 6.31. The highest BCUT2D eigenvalue weighted by Gasteiger charge is 2.17. The topological polar surface area (TPSA) is 74.3 Å². The van der Waals surface area contributed by atoms with Crippen LogP contribution < -0.4 is 5.56 Å². The zero-order chi connectivity index (χ0) is 15.7. The summed E-state index contributed by atoms with van der Waals surface area (Å²) >= 11 is 5.92. The Kier molecular flexibility index (Phi) is 3.68. The number of halogens is 1. The third-order valence-corrected chi connectivity index (χ3v) is 3.48. The molecule has 1 aromatic carbocycles. The van der Waals surface area contributed by atoms with Crippen molar-refractivity contribution in [3.05, 3.63) is 63.6 Å². The van der Waals surface area contributed by atoms with Crippen LogP contribution in [-0.4, -0.2) is 22.6 Å². The first kappa shape index (κ1) is 14.3. The number of carbonyl (C=O) groups excluding carboxylic acids is 1. The standard InChI is InChI=1S/C15H11ClN2O4/c1-21-15(20)13-9(4-5-22-13)7-18-8-17-12-3-2-10(16)6-11(12)14(18)19/h2-6,8H,7H2,1H3. The molecule has 0 saturated carbocycles. The number of esters is 1. The van der Waals surface area contributed by atoms with E-state index in [0.29, 0.717) is 21.5 Å². The Morgan fingerprint density at radius 1 is 1.41 bits per heavy atom. The van der Waals surface area contributed by atoms with Crippen LogP contribution in [0, 0.1) is 0 Å². The van der Waals surface area contributed by atoms with Gasteiger partial charge in [0.15, 0.2) is 0 Å². The Morgan fingerprint density at radius 3 is 3.00 bits per heavy atom. The van der Waals surface area contributed by atoms with Crippen molar-refractivity contribution in [1.29, 1.82) is 0 Å². The van der Waals surface area contributed by atoms with Crippen molar-refractivity contribution in [2.24, 2.45) is 0 Å². The van der Waals surface area contributed by atoms with Crippen molar-refractivity contribution >= 4 is 28.5 Å². The van der Waals surface area contributed by atoms with Gasteiger partial charge in [0.1, 0.15) is 0 Å². The molecule has 0 aliphatic rings. The van der Waals surface area contributed by atoms with Gasteiger partial charge in [-0.2, -0.15) is 0 Å². The van der Waals surface area contributed by atoms with Crippen molar-refractivity contribution in [2.75, 3.05) is 7.11 Å². The minimum atomic E-state index is -0.593. The normalized spacial score (nSPS) is 10.8. The summed E-state index contributed by atoms with van der Waals surface area (Å²) in [6.07, 6.45) is 2.80. The summed E-state index contributed by atoms with van der Waals surface area (Å²) in [5, 5.41) is 0.876. The van der Waals surface area contributed by atoms with Gasteiger partial charge in [0.25, 0.3) is 5.56 Å². The summed E-state index contributed by atoms with van der Waals surface area (Å²) in [6.45, 7) is 0.148. The lowest BCUT2D eigenvalue weighted by Crippen LogP contribution is -2.21. The number of carbonyl (C=O) groups is 1. The monoisotopic (exact) mass is 318 g/mol. The van der Waals surface area contributed by atoms with Gasteiger partial charge in [-0.25, -0.2) is 9.78 Å². The Hall–Kier alpha value is -2.60. The number of methoxy groups -OCH3 is 1. The predicted octanol–water partition coefficient (Wildman–Crippen LogP) is 2.48. The van der Waals surface area contributed by atoms with Crippen molar-refractivity contribution in [3.8, 4) is 0 Å². The maximum Gasteiger partial charge on any atom is 0.374 e. The van der Waals surface area contributed by atoms with Gasteiger partial charge < -0.3 is 9.15 Å². The summed E-state index contributed by atoms with van der Waals surface area (Å²) in [4.78, 5) is 28.3. The summed E-state index contributed by atoms with van der Waals surface area (Å²) in [7, 11) is 1.26. The largest absolute Gasteiger partial charge is 0.463 e. The molecule has 3 rings (SSSR count). The second-order valence-electron chi connectivity index (χ2n) is 4.61. The lowest BCUT2D eigenvalue weighted by Gasteiger charge is -2.06. The molecule has 0 unspecified atom stereocenters. The minimum Gasteiger partial charge on any atom is -0.463 e. The Morgan fingerprint density at radius 2 is 2.23 bits per heavy atom. The van der Waals surface area contributed by atoms with E-state index in [1.165, 1.54) is 24.3 Å². The van der Waals surface area contributed by atoms with Crippen LogP contribution in [0.1, 0.15) is 16.1 Å². The lowest BCUT2D eigenvalue weighted by atomic mass is 10.2. The van der Waals surface area contributed by atoms with Crippen molar-refractivity contribution in [3.63, 3.8) is 0 Å². The number of fused-ring (bicyclic) bond motifs is 1. The molecule has 0 atom stereocenters. The predicted molar refractivity (Wildman–Crippen MR) is 80.2 cm³/mol. The average molecular weight is 319 g/mol. The summed E-state index contributed by atoms with van der Waals surface area (Å²) in [6, 6.07) is 6.54. The second-order valence-corrected chi connectivity index (χ2v) is 5.04. The van der Waals surface area contributed by atoms with Crippen LogP contribution >= 0.6 is 11.6 Å². The molecular formula is C15H11ClN2O4. The fourth-order valence-electron chi connectivity index (χ4n) is 2.16. The number of aromatic nitrogens is 2. The molecule has 0 fully saturated rings. The fourth-order valence-corrected chi connectivity index (χ4v) is 2.33. The minimum absolute atomic E-state index is 0.0700. The molecule has 0 aliphatic carbocycles. The molecule has 7 heteroatoms. The van der Waals surface area contributed by atoms with Crippen LogP contribution in [0.3, 0.4) is 0 Å². The van der Waals surface area contributed by atoms with Crippen LogP contribution in [0.4, 0.5) is 0 Å². The van der Waals surface area contributed by atoms with E-state index in [2.05, 4.69) is 9.72 Å². The van der Waals surface area contributed by atoms with Crippen LogP contribution in [0.25, 0.3) is 10.9 Å². The van der Waals surface area contributed by atoms with Crippen LogP contribution in [-0.2, 0) is 11.3 Å². The van der Waals surface area contributed by atoms with Crippen molar-refractivity contribution < 1.29 is 13.9 Å². The van der Waals surface area contributed by atoms with Gasteiger partial charge in [0.2, 0.25) is 5.76 Å². The quantitative estimate of drug-likeness (QED) is 0.694. The van der Waals surface area contributed by atoms with Crippen LogP contribution in [0.15, 0.2) is 46.1 Å². The smallest absolute Gasteiger partial charge is 0.374 e. The molecule has 0 aliphatic heterocycles. The third kappa shape index (κ3) is 2.48. The van der Waals surface area contributed by atoms with Crippen LogP contribution in [0.5, 0.6) is 0 Å². The van der Waals surface area contributed by atoms with E-state index in [1.54, 1.807) is 24.3 Å². The molecular weight excluding hydrogens is 308 g/mol. The number of ether oxygens (including phenoxy) is 1. The van der Waals surface area contributed by atoms with E-state index in [-0.39, 0.29) is 17.9 Å². The van der Waals surface area contributed by atoms with Crippen molar-refractivity contribution in [2.45, 2.75) is 6.54 Å². The van der Waals surface area contributed by atoms with E-state index in [1.807, 2.05) is 0 Å². The van der Waals surface area contributed by atoms with E-state index in [4.69, 9.17) is 16.0 Å². The highest BCUT2D eigenvalue weighted by atomic mass is 35.5. The number of rotatable bonds is 3. The SMILES string of the molecule is COC(=O)c1occc1Cn1cnc2ccc(Cl)cc2c1=O. The fraction of sp³-hybridized carbons (Fsp3) is 0.133. The van der Waals surface area contributed by atoms with Crippen LogP contribution in [0.2, 0.25) is 5.02 Å². The molecule has 112 valence electrons. The molecule has 22 heavy (non-hydrogen) atoms. The number of nitrogens with zero attached hydrogens (tertiary/aromatic N) is 2. The van der Waals surface area contributed by atoms with Gasteiger partial charge in [-0.05, 0) is 24.3 Å². The lowest BCUT2D eigenvalue weighted by molar-refractivity contribution is 0.0563.